The van der Waals surface area contributed by atoms with Crippen LogP contribution in [0.5, 0.6) is 0 Å². The Morgan fingerprint density at radius 2 is 2.15 bits per heavy atom. The summed E-state index contributed by atoms with van der Waals surface area (Å²) in [5, 5.41) is 4.77. The van der Waals surface area contributed by atoms with Crippen molar-refractivity contribution in [3.8, 4) is 0 Å². The summed E-state index contributed by atoms with van der Waals surface area (Å²) in [7, 11) is 0. The Morgan fingerprint density at radius 1 is 1.33 bits per heavy atom. The first-order valence-corrected chi connectivity index (χ1v) is 9.73. The number of carbonyl (C=O) groups excluding carboxylic acids is 3. The first-order valence-electron chi connectivity index (χ1n) is 7.86. The molecule has 0 unspecified atom stereocenters. The van der Waals surface area contributed by atoms with Crippen molar-refractivity contribution in [1.29, 1.82) is 0 Å². The molecule has 2 heterocycles. The fourth-order valence-corrected chi connectivity index (χ4v) is 3.04. The molecule has 0 spiro atoms. The average molecular weight is 410 g/mol. The summed E-state index contributed by atoms with van der Waals surface area (Å²) < 4.78 is 9.72. The van der Waals surface area contributed by atoms with Crippen molar-refractivity contribution in [3.05, 3.63) is 34.2 Å². The van der Waals surface area contributed by atoms with Gasteiger partial charge in [0.05, 0.1) is 18.9 Å². The van der Waals surface area contributed by atoms with Gasteiger partial charge in [-0.05, 0) is 18.4 Å². The summed E-state index contributed by atoms with van der Waals surface area (Å²) in [6, 6.07) is 3.78. The molecule has 1 amide bonds. The molecule has 0 saturated heterocycles. The average Bonchev–Trinajstić information content (AvgIpc) is 3.16. The summed E-state index contributed by atoms with van der Waals surface area (Å²) in [6.45, 7) is 1.91. The van der Waals surface area contributed by atoms with Crippen LogP contribution in [0, 0.1) is 0 Å². The normalized spacial score (nSPS) is 10.3. The molecule has 9 nitrogen and oxygen atoms in total. The minimum Gasteiger partial charge on any atom is -0.462 e. The third kappa shape index (κ3) is 6.87. The smallest absolute Gasteiger partial charge is 0.343 e. The second-order valence-corrected chi connectivity index (χ2v) is 6.95. The number of rotatable bonds is 9. The van der Waals surface area contributed by atoms with Gasteiger partial charge in [0.2, 0.25) is 0 Å². The quantitative estimate of drug-likeness (QED) is 0.356. The maximum atomic E-state index is 11.7. The van der Waals surface area contributed by atoms with E-state index in [9.17, 15) is 14.4 Å². The lowest BCUT2D eigenvalue weighted by Gasteiger charge is -2.07. The van der Waals surface area contributed by atoms with E-state index >= 15 is 0 Å². The highest BCUT2D eigenvalue weighted by molar-refractivity contribution is 7.99. The van der Waals surface area contributed by atoms with Gasteiger partial charge in [0, 0.05) is 11.1 Å². The monoisotopic (exact) mass is 410 g/mol. The van der Waals surface area contributed by atoms with E-state index in [-0.39, 0.29) is 41.4 Å². The minimum atomic E-state index is -0.612. The van der Waals surface area contributed by atoms with Gasteiger partial charge < -0.3 is 20.5 Å². The van der Waals surface area contributed by atoms with Gasteiger partial charge in [0.15, 0.2) is 11.8 Å². The van der Waals surface area contributed by atoms with Gasteiger partial charge in [0.1, 0.15) is 11.4 Å². The summed E-state index contributed by atoms with van der Waals surface area (Å²) in [6.07, 6.45) is 1.24. The van der Waals surface area contributed by atoms with Crippen LogP contribution < -0.4 is 11.1 Å². The maximum absolute atomic E-state index is 11.7. The zero-order chi connectivity index (χ0) is 19.6. The molecule has 3 N–H and O–H groups in total. The molecule has 0 bridgehead atoms. The number of nitrogens with zero attached hydrogens (tertiary/aromatic N) is 2. The van der Waals surface area contributed by atoms with Crippen LogP contribution in [-0.4, -0.2) is 46.8 Å². The van der Waals surface area contributed by atoms with Crippen LogP contribution in [0.1, 0.15) is 22.2 Å². The summed E-state index contributed by atoms with van der Waals surface area (Å²) >= 11 is 2.50. The SMILES string of the molecule is CCOC(=O)c1cnc(SCC(=O)OCC(=O)NCc2cccs2)nc1N. The zero-order valence-corrected chi connectivity index (χ0v) is 16.1. The second-order valence-electron chi connectivity index (χ2n) is 4.98. The Labute approximate surface area is 163 Å². The van der Waals surface area contributed by atoms with E-state index in [1.165, 1.54) is 17.5 Å². The molecule has 11 heteroatoms. The van der Waals surface area contributed by atoms with E-state index in [1.807, 2.05) is 17.5 Å². The van der Waals surface area contributed by atoms with Crippen molar-refractivity contribution in [2.75, 3.05) is 24.7 Å². The van der Waals surface area contributed by atoms with Crippen molar-refractivity contribution in [1.82, 2.24) is 15.3 Å². The highest BCUT2D eigenvalue weighted by Gasteiger charge is 2.15. The molecular formula is C16H18N4O5S2. The van der Waals surface area contributed by atoms with Gasteiger partial charge in [-0.25, -0.2) is 14.8 Å². The number of hydrogen-bond donors (Lipinski definition) is 2. The summed E-state index contributed by atoms with van der Waals surface area (Å²) in [4.78, 5) is 43.9. The number of nitrogens with one attached hydrogen (secondary N) is 1. The van der Waals surface area contributed by atoms with Crippen molar-refractivity contribution < 1.29 is 23.9 Å². The number of esters is 2. The molecule has 0 aliphatic rings. The highest BCUT2D eigenvalue weighted by Crippen LogP contribution is 2.17. The number of thioether (sulfide) groups is 1. The molecule has 0 aromatic carbocycles. The lowest BCUT2D eigenvalue weighted by Crippen LogP contribution is -2.28. The second kappa shape index (κ2) is 10.5. The Hall–Kier alpha value is -2.66. The molecular weight excluding hydrogens is 392 g/mol. The number of nitrogens with two attached hydrogens (primary N) is 1. The minimum absolute atomic E-state index is 0.0349. The molecule has 144 valence electrons. The fourth-order valence-electron chi connectivity index (χ4n) is 1.77. The number of amides is 1. The van der Waals surface area contributed by atoms with Crippen LogP contribution in [0.3, 0.4) is 0 Å². The van der Waals surface area contributed by atoms with Crippen LogP contribution in [0.4, 0.5) is 5.82 Å². The van der Waals surface area contributed by atoms with Gasteiger partial charge in [-0.3, -0.25) is 9.59 Å². The standard InChI is InChI=1S/C16H18N4O5S2/c1-2-24-15(23)11-7-19-16(20-14(11)17)27-9-13(22)25-8-12(21)18-6-10-4-3-5-26-10/h3-5,7H,2,6,8-9H2,1H3,(H,18,21)(H2,17,19,20). The number of anilines is 1. The first kappa shape index (κ1) is 20.6. The predicted octanol–water partition coefficient (Wildman–Crippen LogP) is 1.25. The molecule has 2 aromatic rings. The Morgan fingerprint density at radius 3 is 2.81 bits per heavy atom. The van der Waals surface area contributed by atoms with Crippen LogP contribution in [-0.2, 0) is 25.6 Å². The Balaban J connectivity index is 1.72. The zero-order valence-electron chi connectivity index (χ0n) is 14.5. The number of ether oxygens (including phenoxy) is 2. The van der Waals surface area contributed by atoms with Crippen molar-refractivity contribution in [2.24, 2.45) is 0 Å². The molecule has 27 heavy (non-hydrogen) atoms. The number of aromatic nitrogens is 2. The fraction of sp³-hybridized carbons (Fsp3) is 0.312. The third-order valence-electron chi connectivity index (χ3n) is 3.01. The lowest BCUT2D eigenvalue weighted by atomic mass is 10.3. The Kier molecular flexibility index (Phi) is 8.01. The largest absolute Gasteiger partial charge is 0.462 e. The van der Waals surface area contributed by atoms with Crippen LogP contribution in [0.2, 0.25) is 0 Å². The van der Waals surface area contributed by atoms with Gasteiger partial charge in [-0.1, -0.05) is 17.8 Å². The van der Waals surface area contributed by atoms with Crippen LogP contribution >= 0.6 is 23.1 Å². The Bertz CT molecular complexity index is 798. The number of thiophene rings is 1. The molecule has 2 aromatic heterocycles. The van der Waals surface area contributed by atoms with Crippen LogP contribution in [0.15, 0.2) is 28.9 Å². The molecule has 2 rings (SSSR count). The van der Waals surface area contributed by atoms with E-state index in [0.29, 0.717) is 6.54 Å². The van der Waals surface area contributed by atoms with Crippen molar-refractivity contribution in [2.45, 2.75) is 18.6 Å². The molecule has 0 radical (unpaired) electrons. The predicted molar refractivity (Wildman–Crippen MR) is 100 cm³/mol. The number of hydrogen-bond acceptors (Lipinski definition) is 10. The molecule has 0 atom stereocenters. The highest BCUT2D eigenvalue weighted by atomic mass is 32.2. The summed E-state index contributed by atoms with van der Waals surface area (Å²) in [5.41, 5.74) is 5.76. The lowest BCUT2D eigenvalue weighted by molar-refractivity contribution is -0.145. The van der Waals surface area contributed by atoms with Crippen molar-refractivity contribution in [3.63, 3.8) is 0 Å². The molecule has 0 aliphatic heterocycles. The maximum Gasteiger partial charge on any atom is 0.343 e. The first-order chi connectivity index (χ1) is 13.0. The van der Waals surface area contributed by atoms with E-state index in [0.717, 1.165) is 16.6 Å². The topological polar surface area (TPSA) is 134 Å². The molecule has 0 fully saturated rings. The van der Waals surface area contributed by atoms with Gasteiger partial charge in [0.25, 0.3) is 5.91 Å². The van der Waals surface area contributed by atoms with E-state index in [1.54, 1.807) is 6.92 Å². The van der Waals surface area contributed by atoms with E-state index < -0.39 is 11.9 Å². The number of nitrogen functional groups attached to an aromatic ring is 1. The van der Waals surface area contributed by atoms with E-state index in [2.05, 4.69) is 15.3 Å². The number of carbonyl (C=O) groups is 3. The van der Waals surface area contributed by atoms with E-state index in [4.69, 9.17) is 15.2 Å². The van der Waals surface area contributed by atoms with Gasteiger partial charge in [-0.15, -0.1) is 11.3 Å². The molecule has 0 aliphatic carbocycles. The van der Waals surface area contributed by atoms with Crippen molar-refractivity contribution >= 4 is 46.8 Å². The summed E-state index contributed by atoms with van der Waals surface area (Å²) in [5.74, 6) is -1.73. The van der Waals surface area contributed by atoms with Crippen LogP contribution in [0.25, 0.3) is 0 Å². The molecule has 0 saturated carbocycles. The third-order valence-corrected chi connectivity index (χ3v) is 4.73. The van der Waals surface area contributed by atoms with Gasteiger partial charge in [-0.2, -0.15) is 0 Å². The van der Waals surface area contributed by atoms with Gasteiger partial charge >= 0.3 is 11.9 Å².